The number of ether oxygens (including phenoxy) is 4. The van der Waals surface area contributed by atoms with Gasteiger partial charge in [-0.25, -0.2) is 0 Å². The van der Waals surface area contributed by atoms with Crippen LogP contribution in [-0.2, 0) is 24.5 Å². The monoisotopic (exact) mass is 460 g/mol. The number of carbonyl (C=O) groups excluding carboxylic acids is 2. The molecule has 0 aliphatic rings. The van der Waals surface area contributed by atoms with E-state index in [9.17, 15) is 9.59 Å². The van der Waals surface area contributed by atoms with Crippen molar-refractivity contribution in [2.24, 2.45) is 0 Å². The number of hydrogen-bond acceptors (Lipinski definition) is 6. The Morgan fingerprint density at radius 3 is 1.61 bits per heavy atom. The minimum Gasteiger partial charge on any atom is -0.497 e. The average Bonchev–Trinajstić information content (AvgIpc) is 2.74. The zero-order valence-corrected chi connectivity index (χ0v) is 19.1. The molecule has 0 heterocycles. The lowest BCUT2D eigenvalue weighted by Gasteiger charge is -2.26. The van der Waals surface area contributed by atoms with Crippen molar-refractivity contribution in [1.29, 1.82) is 0 Å². The quantitative estimate of drug-likeness (QED) is 0.275. The van der Waals surface area contributed by atoms with E-state index in [1.165, 1.54) is 19.4 Å². The predicted molar refractivity (Wildman–Crippen MR) is 134 cm³/mol. The van der Waals surface area contributed by atoms with Gasteiger partial charge in [0.2, 0.25) is 0 Å². The van der Waals surface area contributed by atoms with E-state index < -0.39 is 0 Å². The van der Waals surface area contributed by atoms with E-state index in [1.54, 1.807) is 26.4 Å². The van der Waals surface area contributed by atoms with Crippen LogP contribution >= 0.6 is 0 Å². The van der Waals surface area contributed by atoms with Crippen LogP contribution in [0, 0.1) is 0 Å². The minimum absolute atomic E-state index is 0. The first-order chi connectivity index (χ1) is 14.7. The molecule has 2 aromatic rings. The highest BCUT2D eigenvalue weighted by Gasteiger charge is 2.23. The van der Waals surface area contributed by atoms with Gasteiger partial charge in [-0.3, -0.25) is 9.59 Å². The van der Waals surface area contributed by atoms with Gasteiger partial charge in [0.15, 0.2) is 0 Å². The van der Waals surface area contributed by atoms with Gasteiger partial charge in [0.05, 0.1) is 13.7 Å². The molecule has 0 fully saturated rings. The third-order valence-corrected chi connectivity index (χ3v) is 4.46. The van der Waals surface area contributed by atoms with Gasteiger partial charge in [-0.2, -0.15) is 0 Å². The summed E-state index contributed by atoms with van der Waals surface area (Å²) < 4.78 is 19.6. The Balaban J connectivity index is 0. The standard InChI is InChI=1S/C18H20O3.C7H12O3.2CH4/c1-13(19)21-17-11-7-15(8-12-17)18(2,3)14-5-9-16(20-4)10-6-14;1-7(8)10-6-4-3-5-9-2;;/h5-12H,1-4H3;3-4H,5-6H2,1-2H3;2*1H4. The van der Waals surface area contributed by atoms with Crippen molar-refractivity contribution in [1.82, 2.24) is 0 Å². The van der Waals surface area contributed by atoms with Gasteiger partial charge in [0, 0.05) is 26.4 Å². The van der Waals surface area contributed by atoms with Gasteiger partial charge in [-0.1, -0.05) is 59.0 Å². The van der Waals surface area contributed by atoms with E-state index in [2.05, 4.69) is 30.7 Å². The van der Waals surface area contributed by atoms with Crippen LogP contribution < -0.4 is 9.47 Å². The maximum absolute atomic E-state index is 10.9. The normalized spacial score (nSPS) is 10.1. The smallest absolute Gasteiger partial charge is 0.308 e. The van der Waals surface area contributed by atoms with E-state index >= 15 is 0 Å². The minimum atomic E-state index is -0.308. The lowest BCUT2D eigenvalue weighted by molar-refractivity contribution is -0.139. The van der Waals surface area contributed by atoms with E-state index in [4.69, 9.17) is 14.2 Å². The Hall–Kier alpha value is -3.12. The molecule has 33 heavy (non-hydrogen) atoms. The Labute approximate surface area is 199 Å². The van der Waals surface area contributed by atoms with Crippen molar-refractivity contribution in [3.8, 4) is 11.5 Å². The maximum Gasteiger partial charge on any atom is 0.308 e. The molecular formula is C27H40O6. The van der Waals surface area contributed by atoms with Gasteiger partial charge in [-0.15, -0.1) is 0 Å². The highest BCUT2D eigenvalue weighted by Crippen LogP contribution is 2.33. The van der Waals surface area contributed by atoms with Crippen LogP contribution in [0.5, 0.6) is 11.5 Å². The second kappa shape index (κ2) is 16.5. The van der Waals surface area contributed by atoms with E-state index in [0.29, 0.717) is 19.0 Å². The van der Waals surface area contributed by atoms with Crippen molar-refractivity contribution < 1.29 is 28.5 Å². The van der Waals surface area contributed by atoms with Gasteiger partial charge >= 0.3 is 11.9 Å². The molecule has 0 bridgehead atoms. The largest absolute Gasteiger partial charge is 0.497 e. The van der Waals surface area contributed by atoms with Crippen LogP contribution in [0.4, 0.5) is 0 Å². The lowest BCUT2D eigenvalue weighted by atomic mass is 9.78. The van der Waals surface area contributed by atoms with Crippen molar-refractivity contribution >= 4 is 11.9 Å². The number of esters is 2. The molecule has 0 spiro atoms. The van der Waals surface area contributed by atoms with E-state index in [-0.39, 0.29) is 32.2 Å². The molecule has 0 atom stereocenters. The van der Waals surface area contributed by atoms with Gasteiger partial charge in [0.25, 0.3) is 0 Å². The molecule has 2 rings (SSSR count). The maximum atomic E-state index is 10.9. The van der Waals surface area contributed by atoms with Gasteiger partial charge in [-0.05, 0) is 41.5 Å². The molecule has 0 unspecified atom stereocenters. The van der Waals surface area contributed by atoms with Gasteiger partial charge < -0.3 is 18.9 Å². The van der Waals surface area contributed by atoms with Crippen LogP contribution in [0.25, 0.3) is 0 Å². The summed E-state index contributed by atoms with van der Waals surface area (Å²) in [6, 6.07) is 15.7. The Morgan fingerprint density at radius 2 is 1.21 bits per heavy atom. The predicted octanol–water partition coefficient (Wildman–Crippen LogP) is 5.97. The molecule has 0 N–H and O–H groups in total. The van der Waals surface area contributed by atoms with Crippen LogP contribution in [-0.4, -0.2) is 39.4 Å². The van der Waals surface area contributed by atoms with Crippen LogP contribution in [0.15, 0.2) is 60.7 Å². The fraction of sp³-hybridized carbons (Fsp3) is 0.407. The van der Waals surface area contributed by atoms with Crippen molar-refractivity contribution in [2.75, 3.05) is 27.4 Å². The highest BCUT2D eigenvalue weighted by atomic mass is 16.5. The van der Waals surface area contributed by atoms with Crippen LogP contribution in [0.2, 0.25) is 0 Å². The Kier molecular flexibility index (Phi) is 16.0. The molecule has 0 amide bonds. The first-order valence-corrected chi connectivity index (χ1v) is 9.91. The molecule has 0 aliphatic heterocycles. The SMILES string of the molecule is C.C.COCC=CCOC(C)=O.COc1ccc(C(C)(C)c2ccc(OC(C)=O)cc2)cc1. The number of carbonyl (C=O) groups is 2. The topological polar surface area (TPSA) is 71.1 Å². The Bertz CT molecular complexity index is 836. The summed E-state index contributed by atoms with van der Waals surface area (Å²) in [6.07, 6.45) is 3.54. The molecule has 0 saturated carbocycles. The fourth-order valence-corrected chi connectivity index (χ4v) is 2.68. The molecule has 6 nitrogen and oxygen atoms in total. The molecular weight excluding hydrogens is 420 g/mol. The summed E-state index contributed by atoms with van der Waals surface area (Å²) >= 11 is 0. The summed E-state index contributed by atoms with van der Waals surface area (Å²) in [4.78, 5) is 21.1. The third-order valence-electron chi connectivity index (χ3n) is 4.46. The van der Waals surface area contributed by atoms with Crippen molar-refractivity contribution in [2.45, 2.75) is 48.0 Å². The van der Waals surface area contributed by atoms with E-state index in [1.807, 2.05) is 36.4 Å². The summed E-state index contributed by atoms with van der Waals surface area (Å²) in [6.45, 7) is 7.99. The van der Waals surface area contributed by atoms with Crippen molar-refractivity contribution in [3.05, 3.63) is 71.8 Å². The molecule has 0 saturated heterocycles. The lowest BCUT2D eigenvalue weighted by Crippen LogP contribution is -2.18. The number of benzene rings is 2. The first kappa shape index (κ1) is 32.1. The second-order valence-electron chi connectivity index (χ2n) is 7.20. The highest BCUT2D eigenvalue weighted by molar-refractivity contribution is 5.69. The van der Waals surface area contributed by atoms with E-state index in [0.717, 1.165) is 11.3 Å². The number of methoxy groups -OCH3 is 2. The summed E-state index contributed by atoms with van der Waals surface area (Å²) in [5, 5.41) is 0. The Morgan fingerprint density at radius 1 is 0.758 bits per heavy atom. The third kappa shape index (κ3) is 11.9. The summed E-state index contributed by atoms with van der Waals surface area (Å²) in [7, 11) is 3.27. The van der Waals surface area contributed by atoms with Crippen LogP contribution in [0.3, 0.4) is 0 Å². The number of rotatable bonds is 8. The van der Waals surface area contributed by atoms with Crippen molar-refractivity contribution in [3.63, 3.8) is 0 Å². The zero-order valence-electron chi connectivity index (χ0n) is 19.1. The molecule has 184 valence electrons. The van der Waals surface area contributed by atoms with Crippen LogP contribution in [0.1, 0.15) is 53.7 Å². The van der Waals surface area contributed by atoms with Gasteiger partial charge in [0.1, 0.15) is 18.1 Å². The fourth-order valence-electron chi connectivity index (χ4n) is 2.68. The second-order valence-corrected chi connectivity index (χ2v) is 7.20. The molecule has 0 aromatic heterocycles. The molecule has 6 heteroatoms. The molecule has 0 radical (unpaired) electrons. The molecule has 2 aromatic carbocycles. The first-order valence-electron chi connectivity index (χ1n) is 9.91. The number of hydrogen-bond donors (Lipinski definition) is 0. The summed E-state index contributed by atoms with van der Waals surface area (Å²) in [5.74, 6) is 0.843. The molecule has 0 aliphatic carbocycles. The average molecular weight is 461 g/mol. The zero-order chi connectivity index (χ0) is 23.3. The summed E-state index contributed by atoms with van der Waals surface area (Å²) in [5.41, 5.74) is 2.22.